The summed E-state index contributed by atoms with van der Waals surface area (Å²) in [5, 5.41) is 3.37. The number of amides is 1. The van der Waals surface area contributed by atoms with Gasteiger partial charge in [-0.3, -0.25) is 4.79 Å². The van der Waals surface area contributed by atoms with Crippen LogP contribution in [0.4, 0.5) is 0 Å². The van der Waals surface area contributed by atoms with Crippen LogP contribution >= 0.6 is 0 Å². The number of hydrogen-bond donors (Lipinski definition) is 1. The van der Waals surface area contributed by atoms with Crippen LogP contribution in [0, 0.1) is 11.8 Å². The van der Waals surface area contributed by atoms with Crippen molar-refractivity contribution < 1.29 is 4.79 Å². The first-order valence-electron chi connectivity index (χ1n) is 7.78. The minimum atomic E-state index is 0.415. The van der Waals surface area contributed by atoms with Gasteiger partial charge in [0.05, 0.1) is 0 Å². The predicted octanol–water partition coefficient (Wildman–Crippen LogP) is 2.41. The number of rotatable bonds is 3. The first kappa shape index (κ1) is 13.9. The smallest absolute Gasteiger partial charge is 0.222 e. The van der Waals surface area contributed by atoms with Crippen molar-refractivity contribution in [2.45, 2.75) is 51.9 Å². The van der Waals surface area contributed by atoms with Gasteiger partial charge in [-0.2, -0.15) is 0 Å². The normalized spacial score (nSPS) is 26.9. The zero-order valence-corrected chi connectivity index (χ0v) is 11.8. The van der Waals surface area contributed by atoms with Crippen LogP contribution in [-0.2, 0) is 4.79 Å². The molecule has 104 valence electrons. The molecule has 2 saturated heterocycles. The van der Waals surface area contributed by atoms with Crippen molar-refractivity contribution >= 4 is 5.91 Å². The van der Waals surface area contributed by atoms with E-state index in [0.717, 1.165) is 38.5 Å². The van der Waals surface area contributed by atoms with Crippen molar-refractivity contribution in [1.29, 1.82) is 0 Å². The highest BCUT2D eigenvalue weighted by atomic mass is 16.2. The minimum Gasteiger partial charge on any atom is -0.343 e. The lowest BCUT2D eigenvalue weighted by atomic mass is 9.94. The third kappa shape index (κ3) is 3.98. The van der Waals surface area contributed by atoms with Crippen LogP contribution in [0.3, 0.4) is 0 Å². The molecule has 0 aromatic carbocycles. The Morgan fingerprint density at radius 2 is 1.89 bits per heavy atom. The van der Waals surface area contributed by atoms with Crippen LogP contribution in [0.15, 0.2) is 0 Å². The number of nitrogens with one attached hydrogen (secondary N) is 1. The van der Waals surface area contributed by atoms with Gasteiger partial charge in [-0.1, -0.05) is 13.3 Å². The standard InChI is InChI=1S/C15H28N2O/c1-2-13-4-3-10-17(11-7-13)15(18)12-14-5-8-16-9-6-14/h13-14,16H,2-12H2,1H3. The fraction of sp³-hybridized carbons (Fsp3) is 0.933. The van der Waals surface area contributed by atoms with Crippen molar-refractivity contribution in [3.8, 4) is 0 Å². The van der Waals surface area contributed by atoms with E-state index >= 15 is 0 Å². The second kappa shape index (κ2) is 7.13. The Hall–Kier alpha value is -0.570. The molecule has 3 heteroatoms. The summed E-state index contributed by atoms with van der Waals surface area (Å²) in [7, 11) is 0. The van der Waals surface area contributed by atoms with Crippen molar-refractivity contribution in [3.63, 3.8) is 0 Å². The summed E-state index contributed by atoms with van der Waals surface area (Å²) in [6.07, 6.45) is 8.15. The largest absolute Gasteiger partial charge is 0.343 e. The first-order chi connectivity index (χ1) is 8.79. The molecule has 2 aliphatic heterocycles. The van der Waals surface area contributed by atoms with Crippen molar-refractivity contribution in [2.24, 2.45) is 11.8 Å². The van der Waals surface area contributed by atoms with Gasteiger partial charge in [-0.15, -0.1) is 0 Å². The Kier molecular flexibility index (Phi) is 5.48. The number of nitrogens with zero attached hydrogens (tertiary/aromatic N) is 1. The summed E-state index contributed by atoms with van der Waals surface area (Å²) >= 11 is 0. The summed E-state index contributed by atoms with van der Waals surface area (Å²) in [5.74, 6) is 1.89. The molecule has 1 N–H and O–H groups in total. The number of carbonyl (C=O) groups excluding carboxylic acids is 1. The molecule has 0 bridgehead atoms. The molecule has 0 radical (unpaired) electrons. The van der Waals surface area contributed by atoms with Gasteiger partial charge in [0.25, 0.3) is 0 Å². The van der Waals surface area contributed by atoms with Crippen molar-refractivity contribution in [2.75, 3.05) is 26.2 Å². The molecular weight excluding hydrogens is 224 g/mol. The first-order valence-corrected chi connectivity index (χ1v) is 7.78. The Morgan fingerprint density at radius 1 is 1.11 bits per heavy atom. The molecule has 2 heterocycles. The van der Waals surface area contributed by atoms with Crippen LogP contribution in [0.2, 0.25) is 0 Å². The molecule has 3 nitrogen and oxygen atoms in total. The van der Waals surface area contributed by atoms with E-state index in [1.54, 1.807) is 0 Å². The van der Waals surface area contributed by atoms with Crippen molar-refractivity contribution in [1.82, 2.24) is 10.2 Å². The summed E-state index contributed by atoms with van der Waals surface area (Å²) in [5.41, 5.74) is 0. The highest BCUT2D eigenvalue weighted by molar-refractivity contribution is 5.76. The fourth-order valence-electron chi connectivity index (χ4n) is 3.28. The van der Waals surface area contributed by atoms with E-state index in [1.807, 2.05) is 0 Å². The number of hydrogen-bond acceptors (Lipinski definition) is 2. The molecule has 0 aromatic rings. The van der Waals surface area contributed by atoms with Crippen LogP contribution in [0.5, 0.6) is 0 Å². The van der Waals surface area contributed by atoms with Gasteiger partial charge in [0, 0.05) is 19.5 Å². The Balaban J connectivity index is 1.77. The zero-order valence-electron chi connectivity index (χ0n) is 11.8. The van der Waals surface area contributed by atoms with Gasteiger partial charge in [0.1, 0.15) is 0 Å². The SMILES string of the molecule is CCC1CCCN(C(=O)CC2CCNCC2)CC1. The van der Waals surface area contributed by atoms with Gasteiger partial charge in [-0.25, -0.2) is 0 Å². The highest BCUT2D eigenvalue weighted by Crippen LogP contribution is 2.22. The lowest BCUT2D eigenvalue weighted by molar-refractivity contribution is -0.132. The molecule has 1 unspecified atom stereocenters. The molecular formula is C15H28N2O. The number of likely N-dealkylation sites (tertiary alicyclic amines) is 1. The zero-order chi connectivity index (χ0) is 12.8. The molecule has 2 rings (SSSR count). The van der Waals surface area contributed by atoms with Crippen LogP contribution < -0.4 is 5.32 Å². The van der Waals surface area contributed by atoms with Gasteiger partial charge >= 0.3 is 0 Å². The molecule has 1 amide bonds. The van der Waals surface area contributed by atoms with E-state index in [9.17, 15) is 4.79 Å². The van der Waals surface area contributed by atoms with E-state index in [-0.39, 0.29) is 0 Å². The summed E-state index contributed by atoms with van der Waals surface area (Å²) in [4.78, 5) is 14.5. The predicted molar refractivity (Wildman–Crippen MR) is 74.4 cm³/mol. The second-order valence-electron chi connectivity index (χ2n) is 5.98. The van der Waals surface area contributed by atoms with E-state index in [2.05, 4.69) is 17.1 Å². The molecule has 18 heavy (non-hydrogen) atoms. The second-order valence-corrected chi connectivity index (χ2v) is 5.98. The number of piperidine rings is 1. The molecule has 1 atom stereocenters. The quantitative estimate of drug-likeness (QED) is 0.836. The average Bonchev–Trinajstić information content (AvgIpc) is 2.65. The third-order valence-electron chi connectivity index (χ3n) is 4.70. The Bertz CT molecular complexity index is 261. The lowest BCUT2D eigenvalue weighted by Gasteiger charge is -2.26. The van der Waals surface area contributed by atoms with Crippen LogP contribution in [0.1, 0.15) is 51.9 Å². The number of carbonyl (C=O) groups is 1. The molecule has 0 aromatic heterocycles. The summed E-state index contributed by atoms with van der Waals surface area (Å²) < 4.78 is 0. The van der Waals surface area contributed by atoms with E-state index in [0.29, 0.717) is 11.8 Å². The monoisotopic (exact) mass is 252 g/mol. The maximum Gasteiger partial charge on any atom is 0.222 e. The van der Waals surface area contributed by atoms with Gasteiger partial charge in [-0.05, 0) is 57.0 Å². The Labute approximate surface area is 111 Å². The molecule has 0 aliphatic carbocycles. The molecule has 0 saturated carbocycles. The topological polar surface area (TPSA) is 32.3 Å². The minimum absolute atomic E-state index is 0.415. The lowest BCUT2D eigenvalue weighted by Crippen LogP contribution is -2.36. The van der Waals surface area contributed by atoms with Gasteiger partial charge in [0.15, 0.2) is 0 Å². The van der Waals surface area contributed by atoms with Gasteiger partial charge in [0.2, 0.25) is 5.91 Å². The Morgan fingerprint density at radius 3 is 2.61 bits per heavy atom. The van der Waals surface area contributed by atoms with Crippen LogP contribution in [-0.4, -0.2) is 37.0 Å². The van der Waals surface area contributed by atoms with E-state index < -0.39 is 0 Å². The molecule has 0 spiro atoms. The molecule has 2 aliphatic rings. The highest BCUT2D eigenvalue weighted by Gasteiger charge is 2.23. The van der Waals surface area contributed by atoms with E-state index in [4.69, 9.17) is 0 Å². The summed E-state index contributed by atoms with van der Waals surface area (Å²) in [6.45, 7) is 6.46. The van der Waals surface area contributed by atoms with Gasteiger partial charge < -0.3 is 10.2 Å². The molecule has 2 fully saturated rings. The van der Waals surface area contributed by atoms with E-state index in [1.165, 1.54) is 38.5 Å². The van der Waals surface area contributed by atoms with Crippen LogP contribution in [0.25, 0.3) is 0 Å². The fourth-order valence-corrected chi connectivity index (χ4v) is 3.28. The third-order valence-corrected chi connectivity index (χ3v) is 4.70. The maximum atomic E-state index is 12.3. The summed E-state index contributed by atoms with van der Waals surface area (Å²) in [6, 6.07) is 0. The average molecular weight is 252 g/mol. The van der Waals surface area contributed by atoms with Crippen molar-refractivity contribution in [3.05, 3.63) is 0 Å². The maximum absolute atomic E-state index is 12.3.